The van der Waals surface area contributed by atoms with Crippen LogP contribution < -0.4 is 14.2 Å². The zero-order valence-corrected chi connectivity index (χ0v) is 24.3. The maximum Gasteiger partial charge on any atom is 0.416 e. The molecule has 0 spiro atoms. The second-order valence-corrected chi connectivity index (χ2v) is 10.4. The van der Waals surface area contributed by atoms with Crippen LogP contribution in [0.3, 0.4) is 0 Å². The van der Waals surface area contributed by atoms with Crippen molar-refractivity contribution in [2.75, 3.05) is 0 Å². The van der Waals surface area contributed by atoms with Crippen molar-refractivity contribution >= 4 is 11.9 Å². The number of ether oxygens (including phenoxy) is 3. The van der Waals surface area contributed by atoms with Crippen molar-refractivity contribution in [2.45, 2.75) is 57.4 Å². The van der Waals surface area contributed by atoms with E-state index in [2.05, 4.69) is 0 Å². The van der Waals surface area contributed by atoms with Crippen LogP contribution in [0.15, 0.2) is 97.1 Å². The van der Waals surface area contributed by atoms with Gasteiger partial charge in [-0.15, -0.1) is 0 Å². The molecule has 4 rings (SSSR count). The highest BCUT2D eigenvalue weighted by Crippen LogP contribution is 2.31. The average molecular weight is 623 g/mol. The van der Waals surface area contributed by atoms with E-state index in [-0.39, 0.29) is 24.7 Å². The molecule has 0 radical (unpaired) electrons. The number of aliphatic carboxylic acids is 1. The van der Waals surface area contributed by atoms with Gasteiger partial charge in [-0.05, 0) is 110 Å². The molecule has 0 aromatic heterocycles. The molecule has 1 atom stereocenters. The van der Waals surface area contributed by atoms with Crippen LogP contribution in [0.25, 0.3) is 0 Å². The SMILES string of the molecule is O=C(O)CCCCC(CCc1ccccc1OCc1ccc(Oc2ccc(C(F)(F)F)cc2)cc1)Oc1ccc(C(=O)O)cc1. The van der Waals surface area contributed by atoms with Crippen LogP contribution in [-0.2, 0) is 24.0 Å². The number of hydrogen-bond acceptors (Lipinski definition) is 5. The van der Waals surface area contributed by atoms with E-state index < -0.39 is 23.7 Å². The van der Waals surface area contributed by atoms with Gasteiger partial charge >= 0.3 is 18.1 Å². The minimum absolute atomic E-state index is 0.0822. The van der Waals surface area contributed by atoms with E-state index in [4.69, 9.17) is 24.4 Å². The molecule has 236 valence electrons. The molecule has 7 nitrogen and oxygen atoms in total. The molecule has 0 heterocycles. The highest BCUT2D eigenvalue weighted by molar-refractivity contribution is 5.87. The summed E-state index contributed by atoms with van der Waals surface area (Å²) in [5.41, 5.74) is 1.26. The lowest BCUT2D eigenvalue weighted by Crippen LogP contribution is -2.18. The summed E-state index contributed by atoms with van der Waals surface area (Å²) in [4.78, 5) is 22.1. The lowest BCUT2D eigenvalue weighted by molar-refractivity contribution is -0.138. The Balaban J connectivity index is 1.34. The molecule has 0 aliphatic carbocycles. The van der Waals surface area contributed by atoms with Gasteiger partial charge in [0, 0.05) is 6.42 Å². The second kappa shape index (κ2) is 15.7. The highest BCUT2D eigenvalue weighted by Gasteiger charge is 2.30. The molecule has 45 heavy (non-hydrogen) atoms. The first-order valence-electron chi connectivity index (χ1n) is 14.4. The standard InChI is InChI=1S/C35H33F3O7/c36-35(37,38)27-14-21-31(22-15-27)45-29-16-9-24(10-17-29)23-43-32-7-3-1-5-25(32)11-18-28(6-2-4-8-33(39)40)44-30-19-12-26(13-20-30)34(41)42/h1,3,5,7,9-10,12-17,19-22,28H,2,4,6,8,11,18,23H2,(H,39,40)(H,41,42). The molecule has 2 N–H and O–H groups in total. The van der Waals surface area contributed by atoms with Crippen molar-refractivity contribution in [3.63, 3.8) is 0 Å². The summed E-state index contributed by atoms with van der Waals surface area (Å²) < 4.78 is 56.3. The lowest BCUT2D eigenvalue weighted by atomic mass is 10.0. The summed E-state index contributed by atoms with van der Waals surface area (Å²) in [5, 5.41) is 18.1. The number of carboxylic acid groups (broad SMARTS) is 2. The molecule has 0 saturated carbocycles. The average Bonchev–Trinajstić information content (AvgIpc) is 3.02. The maximum absolute atomic E-state index is 12.8. The molecule has 0 aliphatic rings. The minimum Gasteiger partial charge on any atom is -0.490 e. The van der Waals surface area contributed by atoms with Crippen LogP contribution in [0, 0.1) is 0 Å². The summed E-state index contributed by atoms with van der Waals surface area (Å²) in [6, 6.07) is 25.4. The van der Waals surface area contributed by atoms with Crippen molar-refractivity contribution in [2.24, 2.45) is 0 Å². The van der Waals surface area contributed by atoms with Gasteiger partial charge in [-0.3, -0.25) is 4.79 Å². The summed E-state index contributed by atoms with van der Waals surface area (Å²) >= 11 is 0. The zero-order chi connectivity index (χ0) is 32.2. The molecule has 1 unspecified atom stereocenters. The molecule has 0 aliphatic heterocycles. The van der Waals surface area contributed by atoms with Crippen LogP contribution in [0.2, 0.25) is 0 Å². The van der Waals surface area contributed by atoms with E-state index in [0.717, 1.165) is 23.3 Å². The van der Waals surface area contributed by atoms with Gasteiger partial charge in [-0.1, -0.05) is 30.3 Å². The molecule has 0 amide bonds. The van der Waals surface area contributed by atoms with Crippen LogP contribution in [0.4, 0.5) is 13.2 Å². The van der Waals surface area contributed by atoms with E-state index >= 15 is 0 Å². The van der Waals surface area contributed by atoms with E-state index in [1.807, 2.05) is 36.4 Å². The van der Waals surface area contributed by atoms with Gasteiger partial charge in [0.15, 0.2) is 0 Å². The second-order valence-electron chi connectivity index (χ2n) is 10.4. The first kappa shape index (κ1) is 32.9. The van der Waals surface area contributed by atoms with Gasteiger partial charge in [0.2, 0.25) is 0 Å². The lowest BCUT2D eigenvalue weighted by Gasteiger charge is -2.20. The number of aryl methyl sites for hydroxylation is 1. The first-order chi connectivity index (χ1) is 21.6. The fraction of sp³-hybridized carbons (Fsp3) is 0.257. The van der Waals surface area contributed by atoms with Gasteiger partial charge in [0.1, 0.15) is 29.6 Å². The molecular formula is C35H33F3O7. The number of unbranched alkanes of at least 4 members (excludes halogenated alkanes) is 1. The van der Waals surface area contributed by atoms with E-state index in [9.17, 15) is 22.8 Å². The third-order valence-corrected chi connectivity index (χ3v) is 7.01. The molecular weight excluding hydrogens is 589 g/mol. The first-order valence-corrected chi connectivity index (χ1v) is 14.4. The number of carbonyl (C=O) groups is 2. The zero-order valence-electron chi connectivity index (χ0n) is 24.3. The highest BCUT2D eigenvalue weighted by atomic mass is 19.4. The normalized spacial score (nSPS) is 11.9. The summed E-state index contributed by atoms with van der Waals surface area (Å²) in [6.07, 6.45) is -1.45. The third kappa shape index (κ3) is 10.6. The van der Waals surface area contributed by atoms with E-state index in [1.54, 1.807) is 24.3 Å². The molecule has 0 saturated heterocycles. The van der Waals surface area contributed by atoms with Crippen LogP contribution in [0.5, 0.6) is 23.0 Å². The van der Waals surface area contributed by atoms with Crippen molar-refractivity contribution < 1.29 is 47.2 Å². The summed E-state index contributed by atoms with van der Waals surface area (Å²) in [5.74, 6) is 0.153. The van der Waals surface area contributed by atoms with Crippen molar-refractivity contribution in [3.05, 3.63) is 119 Å². The predicted octanol–water partition coefficient (Wildman–Crippen LogP) is 8.80. The number of halogens is 3. The van der Waals surface area contributed by atoms with Gasteiger partial charge in [-0.2, -0.15) is 13.2 Å². The Labute approximate surface area is 258 Å². The molecule has 4 aromatic carbocycles. The predicted molar refractivity (Wildman–Crippen MR) is 161 cm³/mol. The molecule has 0 fully saturated rings. The molecule has 10 heteroatoms. The van der Waals surface area contributed by atoms with Gasteiger partial charge < -0.3 is 24.4 Å². The van der Waals surface area contributed by atoms with Crippen molar-refractivity contribution in [1.82, 2.24) is 0 Å². The Morgan fingerprint density at radius 1 is 0.733 bits per heavy atom. The monoisotopic (exact) mass is 622 g/mol. The van der Waals surface area contributed by atoms with Crippen LogP contribution >= 0.6 is 0 Å². The van der Waals surface area contributed by atoms with Crippen LogP contribution in [0.1, 0.15) is 59.2 Å². The third-order valence-electron chi connectivity index (χ3n) is 7.01. The Bertz CT molecular complexity index is 1530. The van der Waals surface area contributed by atoms with Crippen LogP contribution in [-0.4, -0.2) is 28.3 Å². The number of hydrogen-bond donors (Lipinski definition) is 2. The number of alkyl halides is 3. The van der Waals surface area contributed by atoms with Gasteiger partial charge in [0.05, 0.1) is 17.2 Å². The molecule has 4 aromatic rings. The fourth-order valence-corrected chi connectivity index (χ4v) is 4.61. The van der Waals surface area contributed by atoms with Gasteiger partial charge in [0.25, 0.3) is 0 Å². The Morgan fingerprint density at radius 2 is 1.36 bits per heavy atom. The maximum atomic E-state index is 12.8. The fourth-order valence-electron chi connectivity index (χ4n) is 4.61. The Hall–Kier alpha value is -4.99. The van der Waals surface area contributed by atoms with Crippen molar-refractivity contribution in [3.8, 4) is 23.0 Å². The Morgan fingerprint density at radius 3 is 1.98 bits per heavy atom. The van der Waals surface area contributed by atoms with E-state index in [1.165, 1.54) is 24.3 Å². The number of carboxylic acids is 2. The quantitative estimate of drug-likeness (QED) is 0.120. The number of aromatic carboxylic acids is 1. The number of benzene rings is 4. The Kier molecular flexibility index (Phi) is 11.4. The summed E-state index contributed by atoms with van der Waals surface area (Å²) in [6.45, 7) is 0.280. The topological polar surface area (TPSA) is 102 Å². The number of para-hydroxylation sites is 1. The smallest absolute Gasteiger partial charge is 0.416 e. The summed E-state index contributed by atoms with van der Waals surface area (Å²) in [7, 11) is 0. The van der Waals surface area contributed by atoms with Gasteiger partial charge in [-0.25, -0.2) is 4.79 Å². The van der Waals surface area contributed by atoms with Crippen molar-refractivity contribution in [1.29, 1.82) is 0 Å². The molecule has 0 bridgehead atoms. The van der Waals surface area contributed by atoms with E-state index in [0.29, 0.717) is 55.1 Å². The number of rotatable bonds is 16. The minimum atomic E-state index is -4.41. The largest absolute Gasteiger partial charge is 0.490 e.